The number of likely N-dealkylation sites (N-methyl/N-ethyl adjacent to an activating group) is 1. The highest BCUT2D eigenvalue weighted by atomic mass is 16.3. The Morgan fingerprint density at radius 2 is 1.95 bits per heavy atom. The van der Waals surface area contributed by atoms with Crippen LogP contribution in [0.4, 0.5) is 0 Å². The molecule has 1 fully saturated rings. The first-order chi connectivity index (χ1) is 9.51. The summed E-state index contributed by atoms with van der Waals surface area (Å²) in [5, 5.41) is 9.74. The van der Waals surface area contributed by atoms with E-state index in [1.165, 1.54) is 0 Å². The smallest absolute Gasteiger partial charge is 0.295 e. The molecule has 0 aromatic heterocycles. The quantitative estimate of drug-likeness (QED) is 0.788. The first-order valence-corrected chi connectivity index (χ1v) is 7.11. The summed E-state index contributed by atoms with van der Waals surface area (Å²) in [5.74, 6) is -0.0733. The lowest BCUT2D eigenvalue weighted by molar-refractivity contribution is -0.966. The third kappa shape index (κ3) is 3.79. The predicted octanol–water partition coefficient (Wildman–Crippen LogP) is 0.474. The maximum absolute atomic E-state index is 12.4. The molecule has 0 saturated carbocycles. The lowest BCUT2D eigenvalue weighted by Gasteiger charge is -2.43. The zero-order chi connectivity index (χ0) is 14.6. The average Bonchev–Trinajstić information content (AvgIpc) is 2.42. The van der Waals surface area contributed by atoms with E-state index < -0.39 is 6.10 Å². The highest BCUT2D eigenvalue weighted by Gasteiger charge is 2.35. The molecular formula is C15H24N3O2+. The molecule has 1 unspecified atom stereocenters. The second kappa shape index (κ2) is 6.35. The van der Waals surface area contributed by atoms with Gasteiger partial charge in [-0.25, -0.2) is 4.59 Å². The van der Waals surface area contributed by atoms with Gasteiger partial charge in [0.1, 0.15) is 25.7 Å². The summed E-state index contributed by atoms with van der Waals surface area (Å²) < 4.78 is 0.454. The first-order valence-electron chi connectivity index (χ1n) is 7.11. The second-order valence-corrected chi connectivity index (χ2v) is 5.73. The van der Waals surface area contributed by atoms with Crippen LogP contribution in [0.15, 0.2) is 30.3 Å². The Kier molecular flexibility index (Phi) is 4.75. The molecule has 0 bridgehead atoms. The van der Waals surface area contributed by atoms with E-state index in [9.17, 15) is 9.90 Å². The summed E-state index contributed by atoms with van der Waals surface area (Å²) in [5.41, 5.74) is 3.77. The Hall–Kier alpha value is -1.43. The van der Waals surface area contributed by atoms with Crippen LogP contribution in [0.1, 0.15) is 17.3 Å². The highest BCUT2D eigenvalue weighted by molar-refractivity contribution is 5.93. The van der Waals surface area contributed by atoms with Gasteiger partial charge in [0.2, 0.25) is 0 Å². The summed E-state index contributed by atoms with van der Waals surface area (Å²) in [7, 11) is 2.08. The van der Waals surface area contributed by atoms with Gasteiger partial charge in [-0.1, -0.05) is 18.2 Å². The zero-order valence-electron chi connectivity index (χ0n) is 12.2. The number of aliphatic hydroxyl groups excluding tert-OH is 1. The van der Waals surface area contributed by atoms with Crippen molar-refractivity contribution in [1.82, 2.24) is 10.3 Å². The Balaban J connectivity index is 2.10. The fourth-order valence-electron chi connectivity index (χ4n) is 2.66. The van der Waals surface area contributed by atoms with Crippen molar-refractivity contribution in [2.24, 2.45) is 0 Å². The molecule has 5 nitrogen and oxygen atoms in total. The Morgan fingerprint density at radius 3 is 2.50 bits per heavy atom. The summed E-state index contributed by atoms with van der Waals surface area (Å²) in [6.45, 7) is 5.79. The van der Waals surface area contributed by atoms with Gasteiger partial charge in [0.05, 0.1) is 0 Å². The van der Waals surface area contributed by atoms with E-state index in [-0.39, 0.29) is 5.91 Å². The number of amides is 1. The molecule has 0 spiro atoms. The van der Waals surface area contributed by atoms with E-state index >= 15 is 0 Å². The fourth-order valence-corrected chi connectivity index (χ4v) is 2.66. The van der Waals surface area contributed by atoms with Gasteiger partial charge in [0, 0.05) is 18.7 Å². The van der Waals surface area contributed by atoms with Gasteiger partial charge in [-0.2, -0.15) is 5.43 Å². The molecule has 2 rings (SSSR count). The normalized spacial score (nSPS) is 20.4. The summed E-state index contributed by atoms with van der Waals surface area (Å²) >= 11 is 0. The molecule has 1 aliphatic heterocycles. The molecule has 1 aromatic rings. The van der Waals surface area contributed by atoms with Crippen molar-refractivity contribution in [3.05, 3.63) is 35.9 Å². The third-order valence-electron chi connectivity index (χ3n) is 3.81. The van der Waals surface area contributed by atoms with E-state index in [2.05, 4.69) is 17.4 Å². The number of hydrogen-bond acceptors (Lipinski definition) is 3. The van der Waals surface area contributed by atoms with Gasteiger partial charge in [-0.05, 0) is 26.1 Å². The monoisotopic (exact) mass is 278 g/mol. The molecule has 1 heterocycles. The van der Waals surface area contributed by atoms with Crippen molar-refractivity contribution in [2.75, 3.05) is 39.8 Å². The molecule has 1 saturated heterocycles. The topological polar surface area (TPSA) is 52.6 Å². The number of nitrogens with zero attached hydrogens (tertiary/aromatic N) is 2. The van der Waals surface area contributed by atoms with E-state index in [0.717, 1.165) is 26.2 Å². The highest BCUT2D eigenvalue weighted by Crippen LogP contribution is 2.12. The molecule has 1 amide bonds. The zero-order valence-corrected chi connectivity index (χ0v) is 12.2. The van der Waals surface area contributed by atoms with Crippen molar-refractivity contribution >= 4 is 5.91 Å². The standard InChI is InChI=1S/C15H23N3O2/c1-13(19)12-18(10-8-17(2)9-11-18)16-15(20)14-6-4-3-5-7-14/h3-7,13,19H,8-12H2,1-2H3/p+1. The van der Waals surface area contributed by atoms with E-state index in [0.29, 0.717) is 16.7 Å². The maximum Gasteiger partial charge on any atom is 0.295 e. The van der Waals surface area contributed by atoms with Crippen LogP contribution in [0.25, 0.3) is 0 Å². The van der Waals surface area contributed by atoms with E-state index in [4.69, 9.17) is 0 Å². The van der Waals surface area contributed by atoms with Crippen LogP contribution < -0.4 is 5.43 Å². The van der Waals surface area contributed by atoms with E-state index in [1.807, 2.05) is 30.3 Å². The SMILES string of the molecule is CC(O)C[N+]1(NC(=O)c2ccccc2)CCN(C)CC1. The predicted molar refractivity (Wildman–Crippen MR) is 77.9 cm³/mol. The number of piperazine rings is 1. The second-order valence-electron chi connectivity index (χ2n) is 5.73. The number of nitrogens with one attached hydrogen (secondary N) is 1. The maximum atomic E-state index is 12.4. The van der Waals surface area contributed by atoms with Gasteiger partial charge in [0.25, 0.3) is 5.91 Å². The van der Waals surface area contributed by atoms with Gasteiger partial charge in [-0.15, -0.1) is 0 Å². The van der Waals surface area contributed by atoms with Crippen molar-refractivity contribution in [3.63, 3.8) is 0 Å². The molecule has 5 heteroatoms. The minimum atomic E-state index is -0.436. The van der Waals surface area contributed by atoms with Crippen molar-refractivity contribution < 1.29 is 14.5 Å². The van der Waals surface area contributed by atoms with Gasteiger partial charge in [-0.3, -0.25) is 9.69 Å². The van der Waals surface area contributed by atoms with E-state index in [1.54, 1.807) is 6.92 Å². The summed E-state index contributed by atoms with van der Waals surface area (Å²) in [6.07, 6.45) is -0.436. The lowest BCUT2D eigenvalue weighted by atomic mass is 10.2. The lowest BCUT2D eigenvalue weighted by Crippen LogP contribution is -2.68. The van der Waals surface area contributed by atoms with Crippen molar-refractivity contribution in [2.45, 2.75) is 13.0 Å². The molecule has 1 aliphatic rings. The van der Waals surface area contributed by atoms with Crippen LogP contribution in [0, 0.1) is 0 Å². The van der Waals surface area contributed by atoms with Crippen LogP contribution in [-0.2, 0) is 0 Å². The molecule has 1 aromatic carbocycles. The number of carbonyl (C=O) groups excluding carboxylic acids is 1. The average molecular weight is 278 g/mol. The Morgan fingerprint density at radius 1 is 1.35 bits per heavy atom. The summed E-state index contributed by atoms with van der Waals surface area (Å²) in [4.78, 5) is 14.6. The fraction of sp³-hybridized carbons (Fsp3) is 0.533. The summed E-state index contributed by atoms with van der Waals surface area (Å²) in [6, 6.07) is 9.23. The number of carbonyl (C=O) groups is 1. The minimum absolute atomic E-state index is 0.0733. The van der Waals surface area contributed by atoms with Gasteiger partial charge < -0.3 is 5.11 Å². The van der Waals surface area contributed by atoms with Gasteiger partial charge in [0.15, 0.2) is 0 Å². The van der Waals surface area contributed by atoms with Crippen LogP contribution >= 0.6 is 0 Å². The molecule has 20 heavy (non-hydrogen) atoms. The Labute approximate surface area is 120 Å². The molecular weight excluding hydrogens is 254 g/mol. The van der Waals surface area contributed by atoms with Crippen LogP contribution in [-0.4, -0.2) is 66.4 Å². The van der Waals surface area contributed by atoms with Crippen molar-refractivity contribution in [1.29, 1.82) is 0 Å². The number of aliphatic hydroxyl groups is 1. The number of hydrogen-bond donors (Lipinski definition) is 2. The number of benzene rings is 1. The van der Waals surface area contributed by atoms with Crippen LogP contribution in [0.3, 0.4) is 0 Å². The van der Waals surface area contributed by atoms with Gasteiger partial charge >= 0.3 is 0 Å². The Bertz CT molecular complexity index is 440. The molecule has 0 aliphatic carbocycles. The molecule has 0 radical (unpaired) electrons. The largest absolute Gasteiger partial charge is 0.387 e. The van der Waals surface area contributed by atoms with Crippen molar-refractivity contribution in [3.8, 4) is 0 Å². The molecule has 110 valence electrons. The third-order valence-corrected chi connectivity index (χ3v) is 3.81. The molecule has 1 atom stereocenters. The first kappa shape index (κ1) is 15.0. The molecule has 2 N–H and O–H groups in total. The number of rotatable bonds is 4. The van der Waals surface area contributed by atoms with Crippen LogP contribution in [0.2, 0.25) is 0 Å². The minimum Gasteiger partial charge on any atom is -0.387 e. The van der Waals surface area contributed by atoms with Crippen LogP contribution in [0.5, 0.6) is 0 Å². The number of quaternary nitrogens is 1.